The average Bonchev–Trinajstić information content (AvgIpc) is 3.39. The van der Waals surface area contributed by atoms with E-state index in [4.69, 9.17) is 22.3 Å². The number of aliphatic imine (C=N–C) groups is 1. The predicted molar refractivity (Wildman–Crippen MR) is 94.3 cm³/mol. The average molecular weight is 327 g/mol. The Morgan fingerprint density at radius 2 is 2.13 bits per heavy atom. The zero-order chi connectivity index (χ0) is 15.8. The number of nitrogens with zero attached hydrogens (tertiary/aromatic N) is 3. The SMILES string of the molecule is N[C@@H](CC1CC1)C1=Nc2cccc(Cl)c2CN1c1cccnc1. The molecule has 1 saturated carbocycles. The smallest absolute Gasteiger partial charge is 0.127 e. The first-order valence-electron chi connectivity index (χ1n) is 8.01. The van der Waals surface area contributed by atoms with E-state index in [1.54, 1.807) is 6.20 Å². The van der Waals surface area contributed by atoms with Crippen molar-refractivity contribution in [1.29, 1.82) is 0 Å². The van der Waals surface area contributed by atoms with Gasteiger partial charge in [0.2, 0.25) is 0 Å². The van der Waals surface area contributed by atoms with E-state index < -0.39 is 0 Å². The van der Waals surface area contributed by atoms with E-state index in [1.165, 1.54) is 12.8 Å². The molecule has 4 nitrogen and oxygen atoms in total. The number of halogens is 1. The third-order valence-electron chi connectivity index (χ3n) is 4.50. The van der Waals surface area contributed by atoms with Gasteiger partial charge in [-0.1, -0.05) is 30.5 Å². The highest BCUT2D eigenvalue weighted by atomic mass is 35.5. The van der Waals surface area contributed by atoms with Crippen LogP contribution in [-0.4, -0.2) is 16.9 Å². The fourth-order valence-electron chi connectivity index (χ4n) is 3.07. The Morgan fingerprint density at radius 1 is 1.26 bits per heavy atom. The fraction of sp³-hybridized carbons (Fsp3) is 0.333. The molecule has 118 valence electrons. The van der Waals surface area contributed by atoms with Crippen LogP contribution in [0.3, 0.4) is 0 Å². The highest BCUT2D eigenvalue weighted by Crippen LogP contribution is 2.37. The molecule has 2 N–H and O–H groups in total. The third-order valence-corrected chi connectivity index (χ3v) is 4.85. The first kappa shape index (κ1) is 14.7. The number of amidine groups is 1. The molecular formula is C18H19ClN4. The summed E-state index contributed by atoms with van der Waals surface area (Å²) in [5.74, 6) is 1.67. The Bertz CT molecular complexity index is 740. The van der Waals surface area contributed by atoms with Crippen molar-refractivity contribution < 1.29 is 0 Å². The van der Waals surface area contributed by atoms with Crippen LogP contribution in [0.5, 0.6) is 0 Å². The van der Waals surface area contributed by atoms with Gasteiger partial charge in [0.1, 0.15) is 5.84 Å². The van der Waals surface area contributed by atoms with Crippen LogP contribution in [0.25, 0.3) is 0 Å². The van der Waals surface area contributed by atoms with E-state index in [-0.39, 0.29) is 6.04 Å². The van der Waals surface area contributed by atoms with Crippen LogP contribution in [0, 0.1) is 5.92 Å². The van der Waals surface area contributed by atoms with Crippen LogP contribution >= 0.6 is 11.6 Å². The van der Waals surface area contributed by atoms with Crippen LogP contribution in [0.2, 0.25) is 5.02 Å². The summed E-state index contributed by atoms with van der Waals surface area (Å²) in [4.78, 5) is 11.2. The number of fused-ring (bicyclic) bond motifs is 1. The largest absolute Gasteiger partial charge is 0.323 e. The maximum Gasteiger partial charge on any atom is 0.127 e. The summed E-state index contributed by atoms with van der Waals surface area (Å²) in [6.45, 7) is 0.678. The first-order valence-corrected chi connectivity index (χ1v) is 8.39. The Kier molecular flexibility index (Phi) is 3.79. The number of hydrogen-bond donors (Lipinski definition) is 1. The molecule has 1 aliphatic carbocycles. The van der Waals surface area contributed by atoms with E-state index in [2.05, 4.69) is 9.88 Å². The Hall–Kier alpha value is -1.91. The fourth-order valence-corrected chi connectivity index (χ4v) is 3.30. The molecule has 0 spiro atoms. The van der Waals surface area contributed by atoms with E-state index in [9.17, 15) is 0 Å². The molecule has 0 amide bonds. The second-order valence-electron chi connectivity index (χ2n) is 6.29. The highest BCUT2D eigenvalue weighted by Gasteiger charge is 2.31. The topological polar surface area (TPSA) is 54.5 Å². The molecule has 1 fully saturated rings. The lowest BCUT2D eigenvalue weighted by molar-refractivity contribution is 0.664. The molecule has 4 rings (SSSR count). The lowest BCUT2D eigenvalue weighted by Gasteiger charge is -2.33. The van der Waals surface area contributed by atoms with Gasteiger partial charge in [0.05, 0.1) is 30.2 Å². The van der Waals surface area contributed by atoms with Crippen molar-refractivity contribution in [3.63, 3.8) is 0 Å². The van der Waals surface area contributed by atoms with E-state index in [0.29, 0.717) is 6.54 Å². The summed E-state index contributed by atoms with van der Waals surface area (Å²) in [5.41, 5.74) is 9.46. The van der Waals surface area contributed by atoms with Gasteiger partial charge in [-0.15, -0.1) is 0 Å². The Morgan fingerprint density at radius 3 is 2.87 bits per heavy atom. The van der Waals surface area contributed by atoms with Crippen molar-refractivity contribution in [3.05, 3.63) is 53.3 Å². The molecule has 1 aromatic heterocycles. The monoisotopic (exact) mass is 326 g/mol. The molecule has 0 bridgehead atoms. The van der Waals surface area contributed by atoms with Gasteiger partial charge in [-0.25, -0.2) is 4.99 Å². The van der Waals surface area contributed by atoms with Crippen molar-refractivity contribution in [2.75, 3.05) is 4.90 Å². The summed E-state index contributed by atoms with van der Waals surface area (Å²) < 4.78 is 0. The number of benzene rings is 1. The second-order valence-corrected chi connectivity index (χ2v) is 6.70. The maximum atomic E-state index is 6.49. The van der Waals surface area contributed by atoms with Crippen molar-refractivity contribution in [1.82, 2.24) is 4.98 Å². The molecule has 0 unspecified atom stereocenters. The number of rotatable bonds is 4. The third kappa shape index (κ3) is 2.96. The van der Waals surface area contributed by atoms with Gasteiger partial charge in [0, 0.05) is 16.8 Å². The highest BCUT2D eigenvalue weighted by molar-refractivity contribution is 6.32. The number of hydrogen-bond acceptors (Lipinski definition) is 4. The van der Waals surface area contributed by atoms with Crippen molar-refractivity contribution in [2.24, 2.45) is 16.6 Å². The quantitative estimate of drug-likeness (QED) is 0.926. The lowest BCUT2D eigenvalue weighted by atomic mass is 10.0. The van der Waals surface area contributed by atoms with Gasteiger partial charge in [-0.3, -0.25) is 4.98 Å². The number of pyridine rings is 1. The molecule has 0 saturated heterocycles. The molecule has 1 aromatic carbocycles. The molecule has 0 radical (unpaired) electrons. The van der Waals surface area contributed by atoms with Crippen molar-refractivity contribution in [3.8, 4) is 0 Å². The summed E-state index contributed by atoms with van der Waals surface area (Å²) in [6.07, 6.45) is 7.19. The standard InChI is InChI=1S/C18H19ClN4/c19-15-4-1-5-17-14(15)11-23(13-3-2-8-21-10-13)18(22-17)16(20)9-12-6-7-12/h1-5,8,10,12,16H,6-7,9,11,20H2/t16-/m0/s1. The van der Waals surface area contributed by atoms with E-state index >= 15 is 0 Å². The van der Waals surface area contributed by atoms with Crippen LogP contribution in [0.4, 0.5) is 11.4 Å². The van der Waals surface area contributed by atoms with Crippen molar-refractivity contribution in [2.45, 2.75) is 31.8 Å². The number of nitrogens with two attached hydrogens (primary N) is 1. The van der Waals surface area contributed by atoms with Crippen LogP contribution in [0.1, 0.15) is 24.8 Å². The van der Waals surface area contributed by atoms with Gasteiger partial charge in [-0.05, 0) is 36.6 Å². The minimum Gasteiger partial charge on any atom is -0.323 e. The van der Waals surface area contributed by atoms with Crippen LogP contribution in [0.15, 0.2) is 47.7 Å². The summed E-state index contributed by atoms with van der Waals surface area (Å²) in [6, 6.07) is 9.76. The number of anilines is 1. The maximum absolute atomic E-state index is 6.49. The van der Waals surface area contributed by atoms with Crippen LogP contribution in [-0.2, 0) is 6.54 Å². The summed E-state index contributed by atoms with van der Waals surface area (Å²) in [5, 5.41) is 0.745. The second kappa shape index (κ2) is 5.95. The minimum atomic E-state index is -0.0603. The summed E-state index contributed by atoms with van der Waals surface area (Å²) in [7, 11) is 0. The molecular weight excluding hydrogens is 308 g/mol. The normalized spacial score (nSPS) is 18.3. The lowest BCUT2D eigenvalue weighted by Crippen LogP contribution is -2.45. The zero-order valence-electron chi connectivity index (χ0n) is 12.8. The molecule has 1 atom stereocenters. The molecule has 2 aliphatic rings. The van der Waals surface area contributed by atoms with E-state index in [1.807, 2.05) is 36.5 Å². The van der Waals surface area contributed by atoms with Gasteiger partial charge >= 0.3 is 0 Å². The van der Waals surface area contributed by atoms with Gasteiger partial charge in [0.15, 0.2) is 0 Å². The predicted octanol–water partition coefficient (Wildman–Crippen LogP) is 3.91. The molecule has 2 aromatic rings. The van der Waals surface area contributed by atoms with Crippen molar-refractivity contribution >= 4 is 28.8 Å². The first-order chi connectivity index (χ1) is 11.2. The molecule has 5 heteroatoms. The summed E-state index contributed by atoms with van der Waals surface area (Å²) >= 11 is 6.37. The molecule has 23 heavy (non-hydrogen) atoms. The van der Waals surface area contributed by atoms with E-state index in [0.717, 1.165) is 40.1 Å². The number of aromatic nitrogens is 1. The molecule has 2 heterocycles. The minimum absolute atomic E-state index is 0.0603. The van der Waals surface area contributed by atoms with Gasteiger partial charge in [0.25, 0.3) is 0 Å². The van der Waals surface area contributed by atoms with Gasteiger partial charge < -0.3 is 10.6 Å². The zero-order valence-corrected chi connectivity index (χ0v) is 13.6. The Balaban J connectivity index is 1.75. The van der Waals surface area contributed by atoms with Gasteiger partial charge in [-0.2, -0.15) is 0 Å². The van der Waals surface area contributed by atoms with Crippen LogP contribution < -0.4 is 10.6 Å². The molecule has 1 aliphatic heterocycles. The Labute approximate surface area is 141 Å².